The molecular formula is C20H21N3O2S2. The van der Waals surface area contributed by atoms with Gasteiger partial charge in [0.25, 0.3) is 0 Å². The number of thiazole rings is 1. The van der Waals surface area contributed by atoms with Crippen molar-refractivity contribution in [3.8, 4) is 10.4 Å². The van der Waals surface area contributed by atoms with E-state index in [-0.39, 0.29) is 5.56 Å². The van der Waals surface area contributed by atoms with Gasteiger partial charge < -0.3 is 10.4 Å². The van der Waals surface area contributed by atoms with Crippen molar-refractivity contribution in [3.63, 3.8) is 0 Å². The summed E-state index contributed by atoms with van der Waals surface area (Å²) in [6, 6.07) is 5.58. The number of aromatic nitrogens is 2. The van der Waals surface area contributed by atoms with Crippen molar-refractivity contribution in [2.75, 3.05) is 5.32 Å². The monoisotopic (exact) mass is 399 g/mol. The molecule has 27 heavy (non-hydrogen) atoms. The minimum atomic E-state index is -0.996. The van der Waals surface area contributed by atoms with Gasteiger partial charge in [0, 0.05) is 27.4 Å². The highest BCUT2D eigenvalue weighted by molar-refractivity contribution is 7.15. The Labute approximate surface area is 166 Å². The van der Waals surface area contributed by atoms with E-state index in [1.165, 1.54) is 23.4 Å². The van der Waals surface area contributed by atoms with Crippen molar-refractivity contribution in [1.29, 1.82) is 0 Å². The molecule has 1 aliphatic carbocycles. The van der Waals surface area contributed by atoms with Crippen molar-refractivity contribution in [2.45, 2.75) is 39.0 Å². The third kappa shape index (κ3) is 4.04. The van der Waals surface area contributed by atoms with Crippen LogP contribution >= 0.6 is 22.7 Å². The van der Waals surface area contributed by atoms with Crippen molar-refractivity contribution in [3.05, 3.63) is 45.9 Å². The van der Waals surface area contributed by atoms with Gasteiger partial charge in [0.2, 0.25) is 0 Å². The van der Waals surface area contributed by atoms with E-state index in [1.54, 1.807) is 34.9 Å². The standard InChI is InChI=1S/C20H21N3O2S2/c1-11(2)8-16-17(12-5-6-12)22-20(27-16)23-18-14(19(24)25)9-13(10-21-18)15-4-3-7-26-15/h3-4,7,9-12H,5-6,8H2,1-2H3,(H,24,25)(H,21,22,23). The van der Waals surface area contributed by atoms with Crippen LogP contribution in [0.1, 0.15) is 53.5 Å². The van der Waals surface area contributed by atoms with E-state index in [9.17, 15) is 9.90 Å². The summed E-state index contributed by atoms with van der Waals surface area (Å²) in [5.41, 5.74) is 2.16. The molecule has 1 fully saturated rings. The molecule has 1 aliphatic rings. The van der Waals surface area contributed by atoms with E-state index in [2.05, 4.69) is 24.1 Å². The van der Waals surface area contributed by atoms with Crippen LogP contribution in [0.2, 0.25) is 0 Å². The Morgan fingerprint density at radius 2 is 2.22 bits per heavy atom. The fraction of sp³-hybridized carbons (Fsp3) is 0.350. The van der Waals surface area contributed by atoms with Gasteiger partial charge in [-0.25, -0.2) is 14.8 Å². The van der Waals surface area contributed by atoms with Crippen molar-refractivity contribution in [1.82, 2.24) is 9.97 Å². The second kappa shape index (κ2) is 7.40. The Morgan fingerprint density at radius 1 is 1.41 bits per heavy atom. The molecule has 0 aromatic carbocycles. The lowest BCUT2D eigenvalue weighted by atomic mass is 10.1. The molecule has 0 amide bonds. The number of thiophene rings is 1. The van der Waals surface area contributed by atoms with Gasteiger partial charge in [0.1, 0.15) is 11.4 Å². The Bertz CT molecular complexity index is 960. The van der Waals surface area contributed by atoms with E-state index >= 15 is 0 Å². The predicted octanol–water partition coefficient (Wildman–Crippen LogP) is 5.78. The van der Waals surface area contributed by atoms with Crippen LogP contribution < -0.4 is 5.32 Å². The second-order valence-corrected chi connectivity index (χ2v) is 9.26. The Kier molecular flexibility index (Phi) is 4.97. The minimum absolute atomic E-state index is 0.162. The third-order valence-electron chi connectivity index (χ3n) is 4.43. The summed E-state index contributed by atoms with van der Waals surface area (Å²) in [4.78, 5) is 23.2. The van der Waals surface area contributed by atoms with E-state index in [0.717, 1.165) is 22.0 Å². The smallest absolute Gasteiger partial charge is 0.339 e. The van der Waals surface area contributed by atoms with Gasteiger partial charge in [-0.2, -0.15) is 0 Å². The molecule has 0 atom stereocenters. The largest absolute Gasteiger partial charge is 0.478 e. The molecule has 0 bridgehead atoms. The van der Waals surface area contributed by atoms with Gasteiger partial charge >= 0.3 is 5.97 Å². The van der Waals surface area contributed by atoms with Crippen molar-refractivity contribution >= 4 is 39.6 Å². The molecule has 5 nitrogen and oxygen atoms in total. The number of carboxylic acids is 1. The predicted molar refractivity (Wildman–Crippen MR) is 110 cm³/mol. The first-order chi connectivity index (χ1) is 13.0. The molecule has 0 spiro atoms. The van der Waals surface area contributed by atoms with Gasteiger partial charge in [0.15, 0.2) is 5.13 Å². The average Bonchev–Trinajstić information content (AvgIpc) is 3.16. The number of rotatable bonds is 7. The number of hydrogen-bond acceptors (Lipinski definition) is 6. The normalized spacial score (nSPS) is 13.9. The molecule has 4 rings (SSSR count). The summed E-state index contributed by atoms with van der Waals surface area (Å²) in [7, 11) is 0. The number of nitrogens with one attached hydrogen (secondary N) is 1. The summed E-state index contributed by atoms with van der Waals surface area (Å²) < 4.78 is 0. The Balaban J connectivity index is 1.65. The van der Waals surface area contributed by atoms with E-state index in [1.807, 2.05) is 17.5 Å². The van der Waals surface area contributed by atoms with Crippen LogP contribution in [0.25, 0.3) is 10.4 Å². The van der Waals surface area contributed by atoms with Gasteiger partial charge in [-0.1, -0.05) is 19.9 Å². The maximum atomic E-state index is 11.8. The quantitative estimate of drug-likeness (QED) is 0.526. The van der Waals surface area contributed by atoms with Crippen LogP contribution in [0.4, 0.5) is 10.9 Å². The molecule has 2 N–H and O–H groups in total. The number of nitrogens with zero attached hydrogens (tertiary/aromatic N) is 2. The van der Waals surface area contributed by atoms with Crippen LogP contribution in [0, 0.1) is 5.92 Å². The fourth-order valence-electron chi connectivity index (χ4n) is 3.02. The molecule has 3 aromatic rings. The van der Waals surface area contributed by atoms with Crippen LogP contribution in [0.15, 0.2) is 29.8 Å². The average molecular weight is 400 g/mol. The van der Waals surface area contributed by atoms with Crippen LogP contribution in [-0.2, 0) is 6.42 Å². The zero-order chi connectivity index (χ0) is 19.0. The SMILES string of the molecule is CC(C)Cc1sc(Nc2ncc(-c3cccs3)cc2C(=O)O)nc1C1CC1. The first-order valence-corrected chi connectivity index (χ1v) is 10.7. The zero-order valence-corrected chi connectivity index (χ0v) is 16.9. The highest BCUT2D eigenvalue weighted by Gasteiger charge is 2.30. The first-order valence-electron chi connectivity index (χ1n) is 9.05. The van der Waals surface area contributed by atoms with Gasteiger partial charge in [-0.3, -0.25) is 0 Å². The van der Waals surface area contributed by atoms with Gasteiger partial charge in [0.05, 0.1) is 5.69 Å². The number of aromatic carboxylic acids is 1. The Morgan fingerprint density at radius 3 is 2.85 bits per heavy atom. The van der Waals surface area contributed by atoms with E-state index < -0.39 is 5.97 Å². The molecule has 140 valence electrons. The number of pyridine rings is 1. The number of anilines is 2. The number of carbonyl (C=O) groups is 1. The van der Waals surface area contributed by atoms with Crippen molar-refractivity contribution < 1.29 is 9.90 Å². The van der Waals surface area contributed by atoms with Crippen LogP contribution in [-0.4, -0.2) is 21.0 Å². The zero-order valence-electron chi connectivity index (χ0n) is 15.2. The molecule has 3 heterocycles. The third-order valence-corrected chi connectivity index (χ3v) is 6.36. The molecule has 0 unspecified atom stereocenters. The lowest BCUT2D eigenvalue weighted by Crippen LogP contribution is -2.05. The molecule has 0 radical (unpaired) electrons. The topological polar surface area (TPSA) is 75.1 Å². The van der Waals surface area contributed by atoms with Crippen LogP contribution in [0.5, 0.6) is 0 Å². The molecule has 0 aliphatic heterocycles. The summed E-state index contributed by atoms with van der Waals surface area (Å²) in [5, 5.41) is 15.5. The summed E-state index contributed by atoms with van der Waals surface area (Å²) in [5.74, 6) is 0.479. The van der Waals surface area contributed by atoms with Crippen molar-refractivity contribution in [2.24, 2.45) is 5.92 Å². The first kappa shape index (κ1) is 18.1. The summed E-state index contributed by atoms with van der Waals surface area (Å²) in [6.07, 6.45) is 5.11. The fourth-order valence-corrected chi connectivity index (χ4v) is 4.98. The van der Waals surface area contributed by atoms with E-state index in [4.69, 9.17) is 4.98 Å². The summed E-state index contributed by atoms with van der Waals surface area (Å²) in [6.45, 7) is 4.41. The lowest BCUT2D eigenvalue weighted by Gasteiger charge is -2.07. The lowest BCUT2D eigenvalue weighted by molar-refractivity contribution is 0.0697. The molecular weight excluding hydrogens is 378 g/mol. The molecule has 7 heteroatoms. The minimum Gasteiger partial charge on any atom is -0.478 e. The van der Waals surface area contributed by atoms with E-state index in [0.29, 0.717) is 17.7 Å². The maximum absolute atomic E-state index is 11.8. The Hall–Kier alpha value is -2.25. The summed E-state index contributed by atoms with van der Waals surface area (Å²) >= 11 is 3.18. The van der Waals surface area contributed by atoms with Gasteiger partial charge in [-0.05, 0) is 42.7 Å². The van der Waals surface area contributed by atoms with Gasteiger partial charge in [-0.15, -0.1) is 22.7 Å². The molecule has 1 saturated carbocycles. The molecule has 3 aromatic heterocycles. The highest BCUT2D eigenvalue weighted by atomic mass is 32.1. The van der Waals surface area contributed by atoms with Crippen LogP contribution in [0.3, 0.4) is 0 Å². The maximum Gasteiger partial charge on any atom is 0.339 e. The number of hydrogen-bond donors (Lipinski definition) is 2. The highest BCUT2D eigenvalue weighted by Crippen LogP contribution is 2.44. The second-order valence-electron chi connectivity index (χ2n) is 7.23. The number of carboxylic acid groups (broad SMARTS) is 1. The molecule has 0 saturated heterocycles.